The van der Waals surface area contributed by atoms with Crippen LogP contribution in [-0.2, 0) is 13.0 Å². The van der Waals surface area contributed by atoms with Crippen molar-refractivity contribution in [3.8, 4) is 16.2 Å². The van der Waals surface area contributed by atoms with Gasteiger partial charge in [0.2, 0.25) is 0 Å². The monoisotopic (exact) mass is 259 g/mol. The van der Waals surface area contributed by atoms with E-state index >= 15 is 0 Å². The second-order valence-electron chi connectivity index (χ2n) is 5.33. The molecule has 0 spiro atoms. The number of hydrogen-bond donors (Lipinski definition) is 1. The average Bonchev–Trinajstić information content (AvgIpc) is 2.89. The highest BCUT2D eigenvalue weighted by molar-refractivity contribution is 7.15. The molecule has 0 saturated heterocycles. The van der Waals surface area contributed by atoms with Crippen molar-refractivity contribution >= 4 is 11.3 Å². The summed E-state index contributed by atoms with van der Waals surface area (Å²) in [6.07, 6.45) is 0.977. The fourth-order valence-corrected chi connectivity index (χ4v) is 3.29. The van der Waals surface area contributed by atoms with Crippen LogP contribution in [0, 0.1) is 0 Å². The molecule has 0 atom stereocenters. The smallest absolute Gasteiger partial charge is 0.123 e. The van der Waals surface area contributed by atoms with E-state index in [2.05, 4.69) is 44.2 Å². The van der Waals surface area contributed by atoms with Crippen molar-refractivity contribution in [2.24, 2.45) is 5.73 Å². The maximum absolute atomic E-state index is 5.89. The Morgan fingerprint density at radius 1 is 1.28 bits per heavy atom. The number of thiophene rings is 1. The summed E-state index contributed by atoms with van der Waals surface area (Å²) in [5.74, 6) is 1.03. The van der Waals surface area contributed by atoms with Gasteiger partial charge in [0, 0.05) is 22.7 Å². The first kappa shape index (κ1) is 11.8. The Labute approximate surface area is 111 Å². The van der Waals surface area contributed by atoms with E-state index < -0.39 is 0 Å². The van der Waals surface area contributed by atoms with Crippen LogP contribution in [-0.4, -0.2) is 5.60 Å². The quantitative estimate of drug-likeness (QED) is 0.894. The van der Waals surface area contributed by atoms with Crippen molar-refractivity contribution in [1.82, 2.24) is 0 Å². The number of rotatable bonds is 2. The van der Waals surface area contributed by atoms with Crippen LogP contribution in [0.4, 0.5) is 0 Å². The lowest BCUT2D eigenvalue weighted by Gasteiger charge is -2.16. The van der Waals surface area contributed by atoms with Crippen LogP contribution in [0.15, 0.2) is 30.3 Å². The van der Waals surface area contributed by atoms with Crippen LogP contribution in [0.25, 0.3) is 10.4 Å². The highest BCUT2D eigenvalue weighted by atomic mass is 32.1. The second kappa shape index (κ2) is 4.11. The minimum Gasteiger partial charge on any atom is -0.487 e. The van der Waals surface area contributed by atoms with Gasteiger partial charge in [-0.05, 0) is 55.3 Å². The van der Waals surface area contributed by atoms with Gasteiger partial charge in [0.25, 0.3) is 0 Å². The van der Waals surface area contributed by atoms with Crippen molar-refractivity contribution < 1.29 is 4.74 Å². The SMILES string of the molecule is CC1(C)Cc2cc(-c3ccc(CN)s3)ccc2O1. The molecule has 94 valence electrons. The molecule has 2 aromatic rings. The van der Waals surface area contributed by atoms with Crippen LogP contribution in [0.5, 0.6) is 5.75 Å². The molecule has 0 bridgehead atoms. The fourth-order valence-electron chi connectivity index (χ4n) is 2.41. The van der Waals surface area contributed by atoms with Crippen molar-refractivity contribution in [3.05, 3.63) is 40.8 Å². The minimum absolute atomic E-state index is 0.0706. The van der Waals surface area contributed by atoms with Crippen molar-refractivity contribution in [1.29, 1.82) is 0 Å². The molecule has 0 radical (unpaired) electrons. The normalized spacial score (nSPS) is 16.4. The van der Waals surface area contributed by atoms with Crippen molar-refractivity contribution in [2.75, 3.05) is 0 Å². The third-order valence-corrected chi connectivity index (χ3v) is 4.37. The van der Waals surface area contributed by atoms with E-state index in [1.807, 2.05) is 0 Å². The van der Waals surface area contributed by atoms with E-state index in [0.29, 0.717) is 6.54 Å². The molecule has 1 aromatic carbocycles. The summed E-state index contributed by atoms with van der Waals surface area (Å²) in [5, 5.41) is 0. The summed E-state index contributed by atoms with van der Waals surface area (Å²) in [7, 11) is 0. The van der Waals surface area contributed by atoms with Gasteiger partial charge in [-0.25, -0.2) is 0 Å². The molecular formula is C15H17NOS. The molecule has 2 nitrogen and oxygen atoms in total. The Hall–Kier alpha value is -1.32. The van der Waals surface area contributed by atoms with Gasteiger partial charge in [-0.3, -0.25) is 0 Å². The Balaban J connectivity index is 1.97. The first-order valence-corrected chi connectivity index (χ1v) is 7.00. The lowest BCUT2D eigenvalue weighted by atomic mass is 10.00. The van der Waals surface area contributed by atoms with Crippen LogP contribution in [0.3, 0.4) is 0 Å². The Morgan fingerprint density at radius 3 is 2.83 bits per heavy atom. The van der Waals surface area contributed by atoms with E-state index in [4.69, 9.17) is 10.5 Å². The zero-order chi connectivity index (χ0) is 12.8. The van der Waals surface area contributed by atoms with Gasteiger partial charge in [0.1, 0.15) is 11.4 Å². The van der Waals surface area contributed by atoms with E-state index in [1.165, 1.54) is 20.9 Å². The molecule has 2 N–H and O–H groups in total. The third kappa shape index (κ3) is 2.04. The van der Waals surface area contributed by atoms with E-state index in [9.17, 15) is 0 Å². The van der Waals surface area contributed by atoms with Gasteiger partial charge in [-0.15, -0.1) is 11.3 Å². The number of hydrogen-bond acceptors (Lipinski definition) is 3. The third-order valence-electron chi connectivity index (χ3n) is 3.21. The first-order chi connectivity index (χ1) is 8.57. The first-order valence-electron chi connectivity index (χ1n) is 6.18. The summed E-state index contributed by atoms with van der Waals surface area (Å²) in [5.41, 5.74) is 8.16. The molecule has 3 heteroatoms. The molecule has 3 rings (SSSR count). The van der Waals surface area contributed by atoms with Crippen LogP contribution in [0.1, 0.15) is 24.3 Å². The lowest BCUT2D eigenvalue weighted by molar-refractivity contribution is 0.138. The minimum atomic E-state index is -0.0706. The predicted molar refractivity (Wildman–Crippen MR) is 76.1 cm³/mol. The van der Waals surface area contributed by atoms with Gasteiger partial charge in [0.15, 0.2) is 0 Å². The Bertz CT molecular complexity index is 586. The average molecular weight is 259 g/mol. The standard InChI is InChI=1S/C15H17NOS/c1-15(2)8-11-7-10(3-5-13(11)17-15)14-6-4-12(9-16)18-14/h3-7H,8-9,16H2,1-2H3. The Morgan fingerprint density at radius 2 is 2.11 bits per heavy atom. The number of ether oxygens (including phenoxy) is 1. The van der Waals surface area contributed by atoms with Crippen LogP contribution in [0.2, 0.25) is 0 Å². The number of fused-ring (bicyclic) bond motifs is 1. The molecule has 1 aromatic heterocycles. The number of benzene rings is 1. The summed E-state index contributed by atoms with van der Waals surface area (Å²) in [6, 6.07) is 10.7. The number of nitrogens with two attached hydrogens (primary N) is 1. The summed E-state index contributed by atoms with van der Waals surface area (Å²) >= 11 is 1.77. The molecule has 18 heavy (non-hydrogen) atoms. The summed E-state index contributed by atoms with van der Waals surface area (Å²) in [6.45, 7) is 4.88. The highest BCUT2D eigenvalue weighted by Gasteiger charge is 2.29. The van der Waals surface area contributed by atoms with Gasteiger partial charge in [-0.2, -0.15) is 0 Å². The van der Waals surface area contributed by atoms with E-state index in [-0.39, 0.29) is 5.60 Å². The molecular weight excluding hydrogens is 242 g/mol. The van der Waals surface area contributed by atoms with Gasteiger partial charge >= 0.3 is 0 Å². The summed E-state index contributed by atoms with van der Waals surface area (Å²) in [4.78, 5) is 2.50. The van der Waals surface area contributed by atoms with Gasteiger partial charge in [-0.1, -0.05) is 0 Å². The highest BCUT2D eigenvalue weighted by Crippen LogP contribution is 2.38. The maximum atomic E-state index is 5.89. The van der Waals surface area contributed by atoms with Gasteiger partial charge < -0.3 is 10.5 Å². The largest absolute Gasteiger partial charge is 0.487 e. The molecule has 1 aliphatic heterocycles. The molecule has 0 unspecified atom stereocenters. The van der Waals surface area contributed by atoms with Crippen molar-refractivity contribution in [2.45, 2.75) is 32.4 Å². The maximum Gasteiger partial charge on any atom is 0.123 e. The fraction of sp³-hybridized carbons (Fsp3) is 0.333. The van der Waals surface area contributed by atoms with E-state index in [0.717, 1.165) is 12.2 Å². The van der Waals surface area contributed by atoms with Crippen LogP contribution < -0.4 is 10.5 Å². The van der Waals surface area contributed by atoms with Crippen LogP contribution >= 0.6 is 11.3 Å². The van der Waals surface area contributed by atoms with Crippen molar-refractivity contribution in [3.63, 3.8) is 0 Å². The molecule has 1 aliphatic rings. The topological polar surface area (TPSA) is 35.2 Å². The molecule has 0 aliphatic carbocycles. The summed E-state index contributed by atoms with van der Waals surface area (Å²) < 4.78 is 5.89. The second-order valence-corrected chi connectivity index (χ2v) is 6.50. The van der Waals surface area contributed by atoms with E-state index in [1.54, 1.807) is 11.3 Å². The predicted octanol–water partition coefficient (Wildman–Crippen LogP) is 3.59. The zero-order valence-electron chi connectivity index (χ0n) is 10.7. The molecule has 0 saturated carbocycles. The zero-order valence-corrected chi connectivity index (χ0v) is 11.5. The molecule has 0 fully saturated rings. The lowest BCUT2D eigenvalue weighted by Crippen LogP contribution is -2.24. The van der Waals surface area contributed by atoms with Gasteiger partial charge in [0.05, 0.1) is 0 Å². The molecule has 0 amide bonds. The molecule has 2 heterocycles. The Kier molecular flexibility index (Phi) is 2.68.